The summed E-state index contributed by atoms with van der Waals surface area (Å²) in [6.45, 7) is 3.75. The van der Waals surface area contributed by atoms with Crippen molar-refractivity contribution < 1.29 is 22.7 Å². The number of ether oxygens (including phenoxy) is 1. The average Bonchev–Trinajstić information content (AvgIpc) is 3.37. The molecule has 1 fully saturated rings. The Morgan fingerprint density at radius 3 is 2.74 bits per heavy atom. The minimum absolute atomic E-state index is 0.0832. The van der Waals surface area contributed by atoms with E-state index in [1.54, 1.807) is 24.4 Å². The highest BCUT2D eigenvalue weighted by Crippen LogP contribution is 2.33. The Hall–Kier alpha value is -3.96. The topological polar surface area (TPSA) is 95.2 Å². The molecule has 1 amide bonds. The minimum atomic E-state index is -4.54. The molecule has 0 aliphatic carbocycles. The Morgan fingerprint density at radius 2 is 1.92 bits per heavy atom. The monoisotopic (exact) mass is 524 g/mol. The molecule has 11 heteroatoms. The van der Waals surface area contributed by atoms with Crippen LogP contribution in [-0.2, 0) is 17.3 Å². The average molecular weight is 525 g/mol. The number of pyridine rings is 1. The molecular weight excluding hydrogens is 497 g/mol. The number of fused-ring (bicyclic) bond motifs is 1. The summed E-state index contributed by atoms with van der Waals surface area (Å²) in [4.78, 5) is 19.7. The smallest absolute Gasteiger partial charge is 0.379 e. The summed E-state index contributed by atoms with van der Waals surface area (Å²) in [6, 6.07) is 12.4. The highest BCUT2D eigenvalue weighted by Gasteiger charge is 2.31. The van der Waals surface area contributed by atoms with E-state index in [4.69, 9.17) is 4.74 Å². The van der Waals surface area contributed by atoms with Gasteiger partial charge in [-0.05, 0) is 73.5 Å². The standard InChI is InChI=1S/C27H27F3N6O2/c28-27(29,30)20-13-18(3-2-8-36-9-11-38-12-10-36)14-22(15-20)34-26(37)23-4-1-7-31-25(23)33-21-6-5-19-17-32-35-24(19)16-21/h1,4-7,13-17H,2-3,8-12H2,(H,31,33)(H,32,35)(H,34,37). The van der Waals surface area contributed by atoms with Crippen molar-refractivity contribution in [1.82, 2.24) is 20.1 Å². The first-order valence-electron chi connectivity index (χ1n) is 12.3. The Balaban J connectivity index is 1.32. The molecule has 4 aromatic rings. The number of carbonyl (C=O) groups is 1. The van der Waals surface area contributed by atoms with E-state index in [1.807, 2.05) is 18.2 Å². The van der Waals surface area contributed by atoms with Gasteiger partial charge in [0.25, 0.3) is 5.91 Å². The number of hydrogen-bond acceptors (Lipinski definition) is 6. The van der Waals surface area contributed by atoms with Crippen molar-refractivity contribution in [3.05, 3.63) is 77.6 Å². The zero-order valence-corrected chi connectivity index (χ0v) is 20.5. The predicted molar refractivity (Wildman–Crippen MR) is 139 cm³/mol. The van der Waals surface area contributed by atoms with Crippen LogP contribution in [0.15, 0.2) is 60.9 Å². The molecule has 2 aromatic carbocycles. The fraction of sp³-hybridized carbons (Fsp3) is 0.296. The Labute approximate surface area is 217 Å². The molecule has 1 saturated heterocycles. The molecule has 0 atom stereocenters. The number of benzene rings is 2. The molecule has 0 bridgehead atoms. The van der Waals surface area contributed by atoms with Crippen LogP contribution in [0.3, 0.4) is 0 Å². The summed E-state index contributed by atoms with van der Waals surface area (Å²) in [5.41, 5.74) is 1.48. The third-order valence-corrected chi connectivity index (χ3v) is 6.38. The summed E-state index contributed by atoms with van der Waals surface area (Å²) in [5, 5.41) is 13.6. The number of anilines is 3. The number of hydrogen-bond donors (Lipinski definition) is 3. The number of halogens is 3. The number of nitrogens with one attached hydrogen (secondary N) is 3. The van der Waals surface area contributed by atoms with E-state index < -0.39 is 17.6 Å². The summed E-state index contributed by atoms with van der Waals surface area (Å²) in [6.07, 6.45) is -0.145. The van der Waals surface area contributed by atoms with E-state index in [0.29, 0.717) is 37.3 Å². The second-order valence-corrected chi connectivity index (χ2v) is 9.12. The van der Waals surface area contributed by atoms with Crippen molar-refractivity contribution in [1.29, 1.82) is 0 Å². The number of amides is 1. The number of aromatic amines is 1. The van der Waals surface area contributed by atoms with Gasteiger partial charge < -0.3 is 15.4 Å². The number of carbonyl (C=O) groups excluding carboxylic acids is 1. The van der Waals surface area contributed by atoms with Gasteiger partial charge in [-0.3, -0.25) is 14.8 Å². The zero-order valence-electron chi connectivity index (χ0n) is 20.5. The Bertz CT molecular complexity index is 1420. The molecule has 38 heavy (non-hydrogen) atoms. The van der Waals surface area contributed by atoms with Gasteiger partial charge in [0.05, 0.1) is 36.1 Å². The van der Waals surface area contributed by atoms with E-state index >= 15 is 0 Å². The lowest BCUT2D eigenvalue weighted by atomic mass is 10.0. The zero-order chi connectivity index (χ0) is 26.5. The van der Waals surface area contributed by atoms with E-state index in [2.05, 4.69) is 30.7 Å². The van der Waals surface area contributed by atoms with Gasteiger partial charge in [-0.15, -0.1) is 0 Å². The maximum atomic E-state index is 13.7. The van der Waals surface area contributed by atoms with Crippen LogP contribution in [0.2, 0.25) is 0 Å². The first-order chi connectivity index (χ1) is 18.3. The molecule has 5 rings (SSSR count). The van der Waals surface area contributed by atoms with Crippen molar-refractivity contribution >= 4 is 34.0 Å². The molecule has 0 unspecified atom stereocenters. The lowest BCUT2D eigenvalue weighted by Crippen LogP contribution is -2.36. The van der Waals surface area contributed by atoms with Crippen LogP contribution in [0.1, 0.15) is 27.9 Å². The largest absolute Gasteiger partial charge is 0.416 e. The number of alkyl halides is 3. The van der Waals surface area contributed by atoms with Crippen LogP contribution in [0.4, 0.5) is 30.4 Å². The molecule has 0 spiro atoms. The maximum absolute atomic E-state index is 13.7. The van der Waals surface area contributed by atoms with E-state index in [-0.39, 0.29) is 17.1 Å². The molecule has 3 N–H and O–H groups in total. The third kappa shape index (κ3) is 6.29. The summed E-state index contributed by atoms with van der Waals surface area (Å²) in [7, 11) is 0. The highest BCUT2D eigenvalue weighted by atomic mass is 19.4. The Morgan fingerprint density at radius 1 is 1.08 bits per heavy atom. The quantitative estimate of drug-likeness (QED) is 0.292. The maximum Gasteiger partial charge on any atom is 0.416 e. The van der Waals surface area contributed by atoms with Crippen LogP contribution in [0.25, 0.3) is 10.9 Å². The molecule has 1 aliphatic heterocycles. The number of aromatic nitrogens is 3. The van der Waals surface area contributed by atoms with Crippen LogP contribution >= 0.6 is 0 Å². The minimum Gasteiger partial charge on any atom is -0.379 e. The first-order valence-corrected chi connectivity index (χ1v) is 12.3. The van der Waals surface area contributed by atoms with Crippen molar-refractivity contribution in [3.8, 4) is 0 Å². The predicted octanol–water partition coefficient (Wildman–Crippen LogP) is 5.24. The van der Waals surface area contributed by atoms with Crippen molar-refractivity contribution in [2.75, 3.05) is 43.5 Å². The van der Waals surface area contributed by atoms with Gasteiger partial charge in [-0.1, -0.05) is 0 Å². The van der Waals surface area contributed by atoms with Gasteiger partial charge in [0.1, 0.15) is 5.82 Å². The number of H-pyrrole nitrogens is 1. The number of nitrogens with zero attached hydrogens (tertiary/aromatic N) is 3. The fourth-order valence-electron chi connectivity index (χ4n) is 4.44. The molecule has 2 aromatic heterocycles. The Kier molecular flexibility index (Phi) is 7.57. The summed E-state index contributed by atoms with van der Waals surface area (Å²) >= 11 is 0. The second kappa shape index (κ2) is 11.2. The number of morpholine rings is 1. The highest BCUT2D eigenvalue weighted by molar-refractivity contribution is 6.08. The van der Waals surface area contributed by atoms with Gasteiger partial charge in [-0.2, -0.15) is 18.3 Å². The van der Waals surface area contributed by atoms with Crippen molar-refractivity contribution in [3.63, 3.8) is 0 Å². The van der Waals surface area contributed by atoms with Gasteiger partial charge >= 0.3 is 6.18 Å². The normalized spacial score (nSPS) is 14.5. The SMILES string of the molecule is O=C(Nc1cc(CCCN2CCOCC2)cc(C(F)(F)F)c1)c1cccnc1Nc1ccc2cn[nH]c2c1. The van der Waals surface area contributed by atoms with Crippen LogP contribution in [-0.4, -0.2) is 58.8 Å². The molecule has 8 nitrogen and oxygen atoms in total. The van der Waals surface area contributed by atoms with Gasteiger partial charge in [0.15, 0.2) is 0 Å². The van der Waals surface area contributed by atoms with Crippen molar-refractivity contribution in [2.45, 2.75) is 19.0 Å². The van der Waals surface area contributed by atoms with Crippen LogP contribution in [0, 0.1) is 0 Å². The molecule has 0 radical (unpaired) electrons. The number of aryl methyl sites for hydroxylation is 1. The molecule has 3 heterocycles. The molecule has 198 valence electrons. The fourth-order valence-corrected chi connectivity index (χ4v) is 4.44. The summed E-state index contributed by atoms with van der Waals surface area (Å²) < 4.78 is 46.3. The van der Waals surface area contributed by atoms with E-state index in [0.717, 1.165) is 42.7 Å². The summed E-state index contributed by atoms with van der Waals surface area (Å²) in [5.74, 6) is -0.289. The second-order valence-electron chi connectivity index (χ2n) is 9.12. The van der Waals surface area contributed by atoms with Crippen molar-refractivity contribution in [2.24, 2.45) is 0 Å². The third-order valence-electron chi connectivity index (χ3n) is 6.38. The van der Waals surface area contributed by atoms with Crippen LogP contribution < -0.4 is 10.6 Å². The number of rotatable bonds is 8. The van der Waals surface area contributed by atoms with E-state index in [9.17, 15) is 18.0 Å². The molecule has 0 saturated carbocycles. The van der Waals surface area contributed by atoms with Gasteiger partial charge in [-0.25, -0.2) is 4.98 Å². The van der Waals surface area contributed by atoms with E-state index in [1.165, 1.54) is 6.20 Å². The molecular formula is C27H27F3N6O2. The van der Waals surface area contributed by atoms with Gasteiger partial charge in [0.2, 0.25) is 0 Å². The van der Waals surface area contributed by atoms with Crippen LogP contribution in [0.5, 0.6) is 0 Å². The molecule has 1 aliphatic rings. The lowest BCUT2D eigenvalue weighted by Gasteiger charge is -2.26. The van der Waals surface area contributed by atoms with Gasteiger partial charge in [0, 0.05) is 36.0 Å². The first kappa shape index (κ1) is 25.7. The lowest BCUT2D eigenvalue weighted by molar-refractivity contribution is -0.137.